The number of carbonyl (C=O) groups excluding carboxylic acids is 2. The maximum atomic E-state index is 12.3. The lowest BCUT2D eigenvalue weighted by atomic mass is 10.3. The van der Waals surface area contributed by atoms with Crippen LogP contribution < -0.4 is 5.32 Å². The Morgan fingerprint density at radius 1 is 1.42 bits per heavy atom. The van der Waals surface area contributed by atoms with E-state index in [2.05, 4.69) is 10.4 Å². The lowest BCUT2D eigenvalue weighted by Gasteiger charge is -2.04. The lowest BCUT2D eigenvalue weighted by molar-refractivity contribution is -0.380. The molecule has 1 amide bonds. The van der Waals surface area contributed by atoms with E-state index in [1.54, 1.807) is 17.7 Å². The largest absolute Gasteiger partial charge is 0.462 e. The molecule has 0 aliphatic rings. The molecule has 10 heteroatoms. The van der Waals surface area contributed by atoms with E-state index >= 15 is 0 Å². The summed E-state index contributed by atoms with van der Waals surface area (Å²) in [5, 5.41) is 17.4. The zero-order valence-electron chi connectivity index (χ0n) is 13.4. The Balaban J connectivity index is 2.31. The van der Waals surface area contributed by atoms with Gasteiger partial charge in [0.2, 0.25) is 0 Å². The van der Waals surface area contributed by atoms with E-state index in [1.165, 1.54) is 0 Å². The van der Waals surface area contributed by atoms with Crippen LogP contribution >= 0.6 is 11.3 Å². The smallest absolute Gasteiger partial charge is 0.341 e. The van der Waals surface area contributed by atoms with E-state index in [0.29, 0.717) is 17.9 Å². The van der Waals surface area contributed by atoms with Crippen molar-refractivity contribution in [3.8, 4) is 0 Å². The Kier molecular flexibility index (Phi) is 5.29. The molecular weight excluding hydrogens is 336 g/mol. The average Bonchev–Trinajstić information content (AvgIpc) is 3.11. The Bertz CT molecular complexity index is 795. The third-order valence-corrected chi connectivity index (χ3v) is 4.14. The van der Waals surface area contributed by atoms with Crippen LogP contribution in [0, 0.1) is 17.0 Å². The first-order chi connectivity index (χ1) is 11.4. The number of hydrogen-bond donors (Lipinski definition) is 1. The van der Waals surface area contributed by atoms with E-state index in [4.69, 9.17) is 4.74 Å². The summed E-state index contributed by atoms with van der Waals surface area (Å²) < 4.78 is 6.51. The summed E-state index contributed by atoms with van der Waals surface area (Å²) in [5.41, 5.74) is 0.930. The van der Waals surface area contributed by atoms with Crippen molar-refractivity contribution in [1.82, 2.24) is 9.78 Å². The molecule has 0 aliphatic carbocycles. The minimum absolute atomic E-state index is 0.0476. The van der Waals surface area contributed by atoms with Crippen LogP contribution in [0.2, 0.25) is 0 Å². The highest BCUT2D eigenvalue weighted by Gasteiger charge is 2.25. The van der Waals surface area contributed by atoms with Crippen LogP contribution in [0.3, 0.4) is 0 Å². The first-order valence-electron chi connectivity index (χ1n) is 7.18. The number of anilines is 1. The fourth-order valence-corrected chi connectivity index (χ4v) is 2.89. The third kappa shape index (κ3) is 3.59. The number of thiophene rings is 1. The van der Waals surface area contributed by atoms with Crippen molar-refractivity contribution >= 4 is 33.2 Å². The molecule has 1 N–H and O–H groups in total. The molecular formula is C14H16N4O5S. The van der Waals surface area contributed by atoms with Gasteiger partial charge >= 0.3 is 11.0 Å². The highest BCUT2D eigenvalue weighted by molar-refractivity contribution is 7.19. The van der Waals surface area contributed by atoms with E-state index in [1.807, 2.05) is 13.8 Å². The van der Waals surface area contributed by atoms with Crippen LogP contribution in [-0.2, 0) is 11.3 Å². The van der Waals surface area contributed by atoms with Gasteiger partial charge in [-0.3, -0.25) is 19.6 Å². The molecule has 2 heterocycles. The van der Waals surface area contributed by atoms with E-state index in [0.717, 1.165) is 11.8 Å². The first kappa shape index (κ1) is 17.6. The standard InChI is InChI=1S/C14H16N4O5S/c1-4-17-8(3)6-10(16-17)12(19)15-13-9(14(20)23-5-2)7-11(24-13)18(21)22/h6-7H,4-5H2,1-3H3,(H,15,19). The SMILES string of the molecule is CCOC(=O)c1cc([N+](=O)[O-])sc1NC(=O)c1cc(C)n(CC)n1. The van der Waals surface area contributed by atoms with Crippen molar-refractivity contribution in [2.24, 2.45) is 0 Å². The van der Waals surface area contributed by atoms with Gasteiger partial charge in [0.25, 0.3) is 5.91 Å². The third-order valence-electron chi connectivity index (χ3n) is 3.13. The molecule has 0 aromatic carbocycles. The van der Waals surface area contributed by atoms with E-state index in [9.17, 15) is 19.7 Å². The van der Waals surface area contributed by atoms with Crippen molar-refractivity contribution in [2.75, 3.05) is 11.9 Å². The monoisotopic (exact) mass is 352 g/mol. The van der Waals surface area contributed by atoms with Crippen molar-refractivity contribution in [3.63, 3.8) is 0 Å². The summed E-state index contributed by atoms with van der Waals surface area (Å²) >= 11 is 0.695. The van der Waals surface area contributed by atoms with Crippen LogP contribution in [0.1, 0.15) is 40.4 Å². The number of ether oxygens (including phenoxy) is 1. The van der Waals surface area contributed by atoms with Gasteiger partial charge in [-0.05, 0) is 38.2 Å². The van der Waals surface area contributed by atoms with Gasteiger partial charge < -0.3 is 10.1 Å². The zero-order chi connectivity index (χ0) is 17.9. The van der Waals surface area contributed by atoms with Gasteiger partial charge in [0.05, 0.1) is 11.5 Å². The minimum atomic E-state index is -0.729. The summed E-state index contributed by atoms with van der Waals surface area (Å²) in [4.78, 5) is 34.5. The number of hydrogen-bond acceptors (Lipinski definition) is 7. The normalized spacial score (nSPS) is 10.5. The first-order valence-corrected chi connectivity index (χ1v) is 8.00. The topological polar surface area (TPSA) is 116 Å². The lowest BCUT2D eigenvalue weighted by Crippen LogP contribution is -2.15. The van der Waals surface area contributed by atoms with Gasteiger partial charge in [0, 0.05) is 18.3 Å². The highest BCUT2D eigenvalue weighted by atomic mass is 32.1. The summed E-state index contributed by atoms with van der Waals surface area (Å²) in [7, 11) is 0. The number of carbonyl (C=O) groups is 2. The van der Waals surface area contributed by atoms with Crippen LogP contribution in [0.4, 0.5) is 10.0 Å². The van der Waals surface area contributed by atoms with Gasteiger partial charge in [0.15, 0.2) is 5.69 Å². The molecule has 0 fully saturated rings. The summed E-state index contributed by atoms with van der Waals surface area (Å²) in [6, 6.07) is 2.69. The van der Waals surface area contributed by atoms with E-state index in [-0.39, 0.29) is 27.9 Å². The number of aryl methyl sites for hydroxylation is 2. The predicted molar refractivity (Wildman–Crippen MR) is 87.5 cm³/mol. The number of amides is 1. The summed E-state index contributed by atoms with van der Waals surface area (Å²) in [5.74, 6) is -1.28. The second kappa shape index (κ2) is 7.21. The molecule has 0 spiro atoms. The van der Waals surface area contributed by atoms with Gasteiger partial charge in [-0.25, -0.2) is 4.79 Å². The molecule has 0 aliphatic heterocycles. The van der Waals surface area contributed by atoms with Crippen LogP contribution in [-0.4, -0.2) is 33.2 Å². The molecule has 0 saturated carbocycles. The fourth-order valence-electron chi connectivity index (χ4n) is 2.03. The summed E-state index contributed by atoms with van der Waals surface area (Å²) in [6.45, 7) is 6.06. The van der Waals surface area contributed by atoms with Gasteiger partial charge in [-0.15, -0.1) is 0 Å². The second-order valence-corrected chi connectivity index (χ2v) is 5.78. The maximum absolute atomic E-state index is 12.3. The molecule has 2 rings (SSSR count). The quantitative estimate of drug-likeness (QED) is 0.485. The predicted octanol–water partition coefficient (Wildman–Crippen LogP) is 2.61. The second-order valence-electron chi connectivity index (χ2n) is 4.75. The van der Waals surface area contributed by atoms with Gasteiger partial charge in [-0.2, -0.15) is 5.10 Å². The Morgan fingerprint density at radius 3 is 2.67 bits per heavy atom. The van der Waals surface area contributed by atoms with E-state index < -0.39 is 16.8 Å². The fraction of sp³-hybridized carbons (Fsp3) is 0.357. The van der Waals surface area contributed by atoms with Crippen molar-refractivity contribution in [3.05, 3.63) is 39.2 Å². The minimum Gasteiger partial charge on any atom is -0.462 e. The number of aromatic nitrogens is 2. The number of esters is 1. The highest BCUT2D eigenvalue weighted by Crippen LogP contribution is 2.34. The Labute approximate surface area is 141 Å². The molecule has 0 saturated heterocycles. The number of nitrogens with one attached hydrogen (secondary N) is 1. The van der Waals surface area contributed by atoms with Crippen LogP contribution in [0.25, 0.3) is 0 Å². The Morgan fingerprint density at radius 2 is 2.12 bits per heavy atom. The van der Waals surface area contributed by atoms with Gasteiger partial charge in [0.1, 0.15) is 10.6 Å². The Hall–Kier alpha value is -2.75. The number of rotatable bonds is 6. The average molecular weight is 352 g/mol. The molecule has 24 heavy (non-hydrogen) atoms. The van der Waals surface area contributed by atoms with Crippen molar-refractivity contribution in [2.45, 2.75) is 27.3 Å². The molecule has 0 radical (unpaired) electrons. The molecule has 9 nitrogen and oxygen atoms in total. The van der Waals surface area contributed by atoms with Crippen LogP contribution in [0.5, 0.6) is 0 Å². The molecule has 128 valence electrons. The van der Waals surface area contributed by atoms with Crippen molar-refractivity contribution in [1.29, 1.82) is 0 Å². The molecule has 2 aromatic heterocycles. The number of nitro groups is 1. The van der Waals surface area contributed by atoms with Crippen LogP contribution in [0.15, 0.2) is 12.1 Å². The summed E-state index contributed by atoms with van der Waals surface area (Å²) in [6.07, 6.45) is 0. The zero-order valence-corrected chi connectivity index (χ0v) is 14.2. The maximum Gasteiger partial charge on any atom is 0.341 e. The molecule has 2 aromatic rings. The number of nitrogens with zero attached hydrogens (tertiary/aromatic N) is 3. The van der Waals surface area contributed by atoms with Gasteiger partial charge in [-0.1, -0.05) is 0 Å². The molecule has 0 atom stereocenters. The molecule has 0 bridgehead atoms. The van der Waals surface area contributed by atoms with Crippen molar-refractivity contribution < 1.29 is 19.2 Å². The molecule has 0 unspecified atom stereocenters.